The molecule has 2 aromatic carbocycles. The Morgan fingerprint density at radius 3 is 2.17 bits per heavy atom. The fourth-order valence-corrected chi connectivity index (χ4v) is 2.92. The van der Waals surface area contributed by atoms with Crippen LogP contribution in [0.5, 0.6) is 5.75 Å². The van der Waals surface area contributed by atoms with Gasteiger partial charge in [-0.2, -0.15) is 0 Å². The van der Waals surface area contributed by atoms with Crippen LogP contribution in [0.25, 0.3) is 6.08 Å². The van der Waals surface area contributed by atoms with Gasteiger partial charge in [0.05, 0.1) is 6.54 Å². The first-order valence-corrected chi connectivity index (χ1v) is 9.11. The number of aryl methyl sites for hydroxylation is 3. The second-order valence-electron chi connectivity index (χ2n) is 6.97. The van der Waals surface area contributed by atoms with Crippen molar-refractivity contribution < 1.29 is 27.5 Å². The Morgan fingerprint density at radius 1 is 1.07 bits per heavy atom. The number of amides is 2. The van der Waals surface area contributed by atoms with Crippen LogP contribution in [-0.2, 0) is 9.59 Å². The molecule has 0 aliphatic heterocycles. The van der Waals surface area contributed by atoms with E-state index in [2.05, 4.69) is 10.1 Å². The summed E-state index contributed by atoms with van der Waals surface area (Å²) in [4.78, 5) is 25.8. The van der Waals surface area contributed by atoms with Gasteiger partial charge in [-0.25, -0.2) is 0 Å². The van der Waals surface area contributed by atoms with E-state index in [4.69, 9.17) is 0 Å². The number of hydrogen-bond acceptors (Lipinski definition) is 3. The molecule has 0 aliphatic carbocycles. The lowest BCUT2D eigenvalue weighted by atomic mass is 10.1. The summed E-state index contributed by atoms with van der Waals surface area (Å²) < 4.78 is 40.3. The molecule has 160 valence electrons. The summed E-state index contributed by atoms with van der Waals surface area (Å²) in [6, 6.07) is 9.01. The third-order valence-electron chi connectivity index (χ3n) is 4.23. The number of ether oxygens (including phenoxy) is 1. The maximum Gasteiger partial charge on any atom is 0.573 e. The number of hydrogen-bond donors (Lipinski definition) is 1. The first-order chi connectivity index (χ1) is 13.9. The van der Waals surface area contributed by atoms with Crippen molar-refractivity contribution in [2.45, 2.75) is 27.1 Å². The van der Waals surface area contributed by atoms with Gasteiger partial charge in [0, 0.05) is 18.8 Å². The maximum atomic E-state index is 12.3. The molecule has 2 aromatic rings. The lowest BCUT2D eigenvalue weighted by Gasteiger charge is -2.17. The van der Waals surface area contributed by atoms with E-state index in [0.717, 1.165) is 34.5 Å². The molecule has 0 aliphatic rings. The average molecular weight is 420 g/mol. The molecule has 0 radical (unpaired) electrons. The summed E-state index contributed by atoms with van der Waals surface area (Å²) in [5.41, 5.74) is 4.21. The van der Waals surface area contributed by atoms with E-state index >= 15 is 0 Å². The molecule has 8 heteroatoms. The fraction of sp³-hybridized carbons (Fsp3) is 0.273. The minimum Gasteiger partial charge on any atom is -0.406 e. The summed E-state index contributed by atoms with van der Waals surface area (Å²) in [6.45, 7) is 5.63. The molecule has 2 rings (SSSR count). The van der Waals surface area contributed by atoms with Gasteiger partial charge < -0.3 is 15.0 Å². The van der Waals surface area contributed by atoms with Crippen molar-refractivity contribution >= 4 is 23.6 Å². The van der Waals surface area contributed by atoms with Crippen molar-refractivity contribution in [2.75, 3.05) is 18.9 Å². The highest BCUT2D eigenvalue weighted by molar-refractivity contribution is 5.98. The lowest BCUT2D eigenvalue weighted by molar-refractivity contribution is -0.274. The van der Waals surface area contributed by atoms with Gasteiger partial charge in [-0.05, 0) is 55.7 Å². The van der Waals surface area contributed by atoms with E-state index in [1.54, 1.807) is 0 Å². The molecular weight excluding hydrogens is 397 g/mol. The van der Waals surface area contributed by atoms with E-state index < -0.39 is 12.3 Å². The van der Waals surface area contributed by atoms with Crippen LogP contribution in [-0.4, -0.2) is 36.7 Å². The third kappa shape index (κ3) is 6.95. The van der Waals surface area contributed by atoms with Crippen LogP contribution in [0.4, 0.5) is 18.9 Å². The molecule has 0 saturated heterocycles. The van der Waals surface area contributed by atoms with Crippen molar-refractivity contribution in [3.05, 3.63) is 64.7 Å². The molecule has 0 aromatic heterocycles. The molecule has 5 nitrogen and oxygen atoms in total. The van der Waals surface area contributed by atoms with E-state index in [9.17, 15) is 22.8 Å². The number of halogens is 3. The monoisotopic (exact) mass is 420 g/mol. The summed E-state index contributed by atoms with van der Waals surface area (Å²) in [5.74, 6) is -1.09. The smallest absolute Gasteiger partial charge is 0.406 e. The van der Waals surface area contributed by atoms with Gasteiger partial charge in [-0.3, -0.25) is 9.59 Å². The molecular formula is C22H23F3N2O3. The number of likely N-dealkylation sites (N-methyl/N-ethyl adjacent to an activating group) is 1. The largest absolute Gasteiger partial charge is 0.573 e. The molecule has 0 fully saturated rings. The maximum absolute atomic E-state index is 12.3. The Balaban J connectivity index is 1.93. The number of benzene rings is 2. The summed E-state index contributed by atoms with van der Waals surface area (Å²) in [7, 11) is 1.49. The zero-order valence-electron chi connectivity index (χ0n) is 17.1. The number of carbonyl (C=O) groups excluding carboxylic acids is 2. The number of alkyl halides is 3. The number of nitrogens with one attached hydrogen (secondary N) is 1. The molecule has 0 saturated carbocycles. The van der Waals surface area contributed by atoms with E-state index in [1.807, 2.05) is 32.9 Å². The number of anilines is 1. The van der Waals surface area contributed by atoms with Crippen molar-refractivity contribution in [1.82, 2.24) is 4.90 Å². The Hall–Kier alpha value is -3.29. The molecule has 0 unspecified atom stereocenters. The predicted octanol–water partition coefficient (Wildman–Crippen LogP) is 4.62. The molecule has 0 spiro atoms. The van der Waals surface area contributed by atoms with Crippen LogP contribution in [0, 0.1) is 20.8 Å². The van der Waals surface area contributed by atoms with Crippen molar-refractivity contribution in [3.63, 3.8) is 0 Å². The molecule has 1 N–H and O–H groups in total. The van der Waals surface area contributed by atoms with Gasteiger partial charge in [0.15, 0.2) is 0 Å². The van der Waals surface area contributed by atoms with E-state index in [0.29, 0.717) is 5.56 Å². The minimum atomic E-state index is -4.76. The van der Waals surface area contributed by atoms with E-state index in [1.165, 1.54) is 36.2 Å². The van der Waals surface area contributed by atoms with Crippen LogP contribution in [0.15, 0.2) is 42.5 Å². The fourth-order valence-electron chi connectivity index (χ4n) is 2.92. The predicted molar refractivity (Wildman–Crippen MR) is 109 cm³/mol. The third-order valence-corrected chi connectivity index (χ3v) is 4.23. The number of nitrogens with zero attached hydrogens (tertiary/aromatic N) is 1. The first kappa shape index (κ1) is 23.0. The van der Waals surface area contributed by atoms with Gasteiger partial charge in [0.2, 0.25) is 11.8 Å². The van der Waals surface area contributed by atoms with Crippen molar-refractivity contribution in [2.24, 2.45) is 0 Å². The van der Waals surface area contributed by atoms with Gasteiger partial charge in [0.25, 0.3) is 0 Å². The van der Waals surface area contributed by atoms with Crippen molar-refractivity contribution in [1.29, 1.82) is 0 Å². The zero-order valence-corrected chi connectivity index (χ0v) is 17.1. The topological polar surface area (TPSA) is 58.6 Å². The summed E-state index contributed by atoms with van der Waals surface area (Å²) >= 11 is 0. The average Bonchev–Trinajstić information content (AvgIpc) is 2.62. The number of carbonyl (C=O) groups is 2. The second-order valence-corrected chi connectivity index (χ2v) is 6.97. The molecule has 0 heterocycles. The van der Waals surface area contributed by atoms with E-state index in [-0.39, 0.29) is 18.2 Å². The molecule has 0 bridgehead atoms. The van der Waals surface area contributed by atoms with Gasteiger partial charge >= 0.3 is 6.36 Å². The first-order valence-electron chi connectivity index (χ1n) is 9.11. The van der Waals surface area contributed by atoms with Crippen LogP contribution in [0.2, 0.25) is 0 Å². The lowest BCUT2D eigenvalue weighted by Crippen LogP contribution is -2.34. The summed E-state index contributed by atoms with van der Waals surface area (Å²) in [6.07, 6.45) is -2.07. The normalized spacial score (nSPS) is 11.4. The van der Waals surface area contributed by atoms with Gasteiger partial charge in [-0.15, -0.1) is 13.2 Å². The second kappa shape index (κ2) is 9.47. The highest BCUT2D eigenvalue weighted by atomic mass is 19.4. The highest BCUT2D eigenvalue weighted by Gasteiger charge is 2.30. The Kier molecular flexibility index (Phi) is 7.26. The van der Waals surface area contributed by atoms with Gasteiger partial charge in [0.1, 0.15) is 5.75 Å². The molecule has 2 amide bonds. The quantitative estimate of drug-likeness (QED) is 0.694. The summed E-state index contributed by atoms with van der Waals surface area (Å²) in [5, 5.41) is 2.83. The van der Waals surface area contributed by atoms with Crippen LogP contribution in [0.1, 0.15) is 22.3 Å². The molecule has 0 atom stereocenters. The van der Waals surface area contributed by atoms with Gasteiger partial charge in [-0.1, -0.05) is 29.8 Å². The Bertz CT molecular complexity index is 928. The molecule has 30 heavy (non-hydrogen) atoms. The van der Waals surface area contributed by atoms with Crippen LogP contribution < -0.4 is 10.1 Å². The van der Waals surface area contributed by atoms with Crippen LogP contribution in [0.3, 0.4) is 0 Å². The minimum absolute atomic E-state index is 0.145. The zero-order chi connectivity index (χ0) is 22.5. The van der Waals surface area contributed by atoms with Crippen molar-refractivity contribution in [3.8, 4) is 5.75 Å². The standard InChI is InChI=1S/C22H23F3N2O3/c1-14-11-15(2)21(16(3)12-14)26-19(28)13-27(4)20(29)10-7-17-5-8-18(9-6-17)30-22(23,24)25/h5-12H,13H2,1-4H3,(H,26,28)/b10-7+. The SMILES string of the molecule is Cc1cc(C)c(NC(=O)CN(C)C(=O)/C=C/c2ccc(OC(F)(F)F)cc2)c(C)c1. The highest BCUT2D eigenvalue weighted by Crippen LogP contribution is 2.23. The Labute approximate surface area is 173 Å². The number of rotatable bonds is 6. The van der Waals surface area contributed by atoms with Crippen LogP contribution >= 0.6 is 0 Å². The Morgan fingerprint density at radius 2 is 1.63 bits per heavy atom.